The molecule has 4 rings (SSSR count). The Morgan fingerprint density at radius 1 is 1.09 bits per heavy atom. The normalized spacial score (nSPS) is 18.4. The van der Waals surface area contributed by atoms with E-state index in [1.165, 1.54) is 16.8 Å². The van der Waals surface area contributed by atoms with Gasteiger partial charge in [0.2, 0.25) is 0 Å². The topological polar surface area (TPSA) is 69.0 Å². The fourth-order valence-electron chi connectivity index (χ4n) is 4.51. The van der Waals surface area contributed by atoms with E-state index in [2.05, 4.69) is 16.5 Å². The molecule has 0 radical (unpaired) electrons. The minimum absolute atomic E-state index is 0.000201. The van der Waals surface area contributed by atoms with Crippen LogP contribution in [0.15, 0.2) is 55.0 Å². The summed E-state index contributed by atoms with van der Waals surface area (Å²) in [6.07, 6.45) is 10.2. The molecule has 6 nitrogen and oxygen atoms in total. The first kappa shape index (κ1) is 22.2. The van der Waals surface area contributed by atoms with Crippen LogP contribution in [0.2, 0.25) is 0 Å². The molecule has 1 N–H and O–H groups in total. The van der Waals surface area contributed by atoms with Gasteiger partial charge in [-0.15, -0.1) is 0 Å². The van der Waals surface area contributed by atoms with Gasteiger partial charge in [0.1, 0.15) is 0 Å². The number of aryl methyl sites for hydroxylation is 1. The van der Waals surface area contributed by atoms with Gasteiger partial charge in [0, 0.05) is 55.8 Å². The van der Waals surface area contributed by atoms with Crippen molar-refractivity contribution in [3.8, 4) is 11.1 Å². The Balaban J connectivity index is 1.29. The van der Waals surface area contributed by atoms with Gasteiger partial charge in [0.25, 0.3) is 5.91 Å². The minimum atomic E-state index is -0.000201. The van der Waals surface area contributed by atoms with Gasteiger partial charge in [-0.05, 0) is 73.9 Å². The molecule has 3 aromatic rings. The molecule has 1 fully saturated rings. The Morgan fingerprint density at radius 3 is 2.50 bits per heavy atom. The zero-order valence-corrected chi connectivity index (χ0v) is 19.0. The molecule has 1 aliphatic rings. The Morgan fingerprint density at radius 2 is 1.81 bits per heavy atom. The summed E-state index contributed by atoms with van der Waals surface area (Å²) in [7, 11) is 1.98. The molecule has 1 saturated carbocycles. The maximum atomic E-state index is 12.5. The van der Waals surface area contributed by atoms with Gasteiger partial charge in [-0.1, -0.05) is 12.1 Å². The lowest BCUT2D eigenvalue weighted by Crippen LogP contribution is -2.31. The van der Waals surface area contributed by atoms with Crippen molar-refractivity contribution in [2.45, 2.75) is 45.1 Å². The summed E-state index contributed by atoms with van der Waals surface area (Å²) >= 11 is 0. The zero-order chi connectivity index (χ0) is 22.3. The van der Waals surface area contributed by atoms with Crippen LogP contribution in [0.5, 0.6) is 0 Å². The van der Waals surface area contributed by atoms with Gasteiger partial charge >= 0.3 is 0 Å². The first-order valence-electron chi connectivity index (χ1n) is 11.5. The third-order valence-electron chi connectivity index (χ3n) is 6.32. The van der Waals surface area contributed by atoms with Crippen molar-refractivity contribution < 1.29 is 9.53 Å². The first-order valence-corrected chi connectivity index (χ1v) is 11.5. The van der Waals surface area contributed by atoms with E-state index in [0.29, 0.717) is 30.6 Å². The van der Waals surface area contributed by atoms with Gasteiger partial charge < -0.3 is 10.1 Å². The Hall–Kier alpha value is -2.99. The lowest BCUT2D eigenvalue weighted by Gasteiger charge is -2.28. The monoisotopic (exact) mass is 432 g/mol. The van der Waals surface area contributed by atoms with E-state index in [1.54, 1.807) is 0 Å². The highest BCUT2D eigenvalue weighted by molar-refractivity contribution is 5.94. The molecular weight excluding hydrogens is 400 g/mol. The average Bonchev–Trinajstić information content (AvgIpc) is 3.24. The number of rotatable bonds is 8. The number of carbonyl (C=O) groups is 1. The number of nitrogens with one attached hydrogen (secondary N) is 1. The van der Waals surface area contributed by atoms with Crippen molar-refractivity contribution in [2.75, 3.05) is 13.2 Å². The Kier molecular flexibility index (Phi) is 7.32. The van der Waals surface area contributed by atoms with Gasteiger partial charge in [-0.25, -0.2) is 0 Å². The molecule has 1 aromatic carbocycles. The van der Waals surface area contributed by atoms with E-state index >= 15 is 0 Å². The number of pyridine rings is 1. The smallest absolute Gasteiger partial charge is 0.251 e. The summed E-state index contributed by atoms with van der Waals surface area (Å²) in [5, 5.41) is 7.92. The van der Waals surface area contributed by atoms with E-state index in [4.69, 9.17) is 9.84 Å². The van der Waals surface area contributed by atoms with Crippen LogP contribution in [0.3, 0.4) is 0 Å². The highest BCUT2D eigenvalue weighted by Crippen LogP contribution is 2.39. The van der Waals surface area contributed by atoms with E-state index < -0.39 is 0 Å². The van der Waals surface area contributed by atoms with Crippen LogP contribution in [0.1, 0.15) is 60.1 Å². The van der Waals surface area contributed by atoms with Gasteiger partial charge in [0.15, 0.2) is 0 Å². The van der Waals surface area contributed by atoms with E-state index in [0.717, 1.165) is 37.8 Å². The molecule has 168 valence electrons. The molecule has 1 amide bonds. The summed E-state index contributed by atoms with van der Waals surface area (Å²) in [4.78, 5) is 16.7. The standard InChI is InChI=1S/C26H32N4O2/c1-3-32-18-20-6-10-23(11-7-20)26(31)28-16-19-4-8-22(9-5-19)25-24(17-30(2)29-25)21-12-14-27-15-13-21/h6-7,10-15,17,19,22H,3-5,8-9,16,18H2,1-2H3,(H,28,31). The van der Waals surface area contributed by atoms with Crippen molar-refractivity contribution in [3.63, 3.8) is 0 Å². The SMILES string of the molecule is CCOCc1ccc(C(=O)NCC2CCC(c3nn(C)cc3-c3ccncc3)CC2)cc1. The lowest BCUT2D eigenvalue weighted by molar-refractivity contribution is 0.0942. The molecule has 0 saturated heterocycles. The maximum absolute atomic E-state index is 12.5. The van der Waals surface area contributed by atoms with Gasteiger partial charge in [-0.3, -0.25) is 14.5 Å². The number of hydrogen-bond donors (Lipinski definition) is 1. The number of aromatic nitrogens is 3. The lowest BCUT2D eigenvalue weighted by atomic mass is 9.79. The van der Waals surface area contributed by atoms with Crippen LogP contribution in [0.4, 0.5) is 0 Å². The fraction of sp³-hybridized carbons (Fsp3) is 0.423. The summed E-state index contributed by atoms with van der Waals surface area (Å²) in [6, 6.07) is 11.8. The second-order valence-electron chi connectivity index (χ2n) is 8.60. The van der Waals surface area contributed by atoms with Crippen molar-refractivity contribution in [3.05, 3.63) is 71.8 Å². The quantitative estimate of drug-likeness (QED) is 0.559. The molecule has 2 heterocycles. The molecular formula is C26H32N4O2. The maximum Gasteiger partial charge on any atom is 0.251 e. The number of amides is 1. The Labute approximate surface area is 190 Å². The van der Waals surface area contributed by atoms with Crippen molar-refractivity contribution in [2.24, 2.45) is 13.0 Å². The predicted molar refractivity (Wildman–Crippen MR) is 125 cm³/mol. The summed E-state index contributed by atoms with van der Waals surface area (Å²) < 4.78 is 7.33. The molecule has 0 unspecified atom stereocenters. The van der Waals surface area contributed by atoms with Crippen molar-refractivity contribution >= 4 is 5.91 Å². The first-order chi connectivity index (χ1) is 15.6. The summed E-state index contributed by atoms with van der Waals surface area (Å²) in [5.41, 5.74) is 5.36. The van der Waals surface area contributed by atoms with E-state index in [1.807, 2.05) is 67.4 Å². The zero-order valence-electron chi connectivity index (χ0n) is 19.0. The minimum Gasteiger partial charge on any atom is -0.377 e. The van der Waals surface area contributed by atoms with Crippen LogP contribution < -0.4 is 5.32 Å². The molecule has 1 aliphatic carbocycles. The third kappa shape index (κ3) is 5.43. The second-order valence-corrected chi connectivity index (χ2v) is 8.60. The predicted octanol–water partition coefficient (Wildman–Crippen LogP) is 4.72. The number of ether oxygens (including phenoxy) is 1. The number of nitrogens with zero attached hydrogens (tertiary/aromatic N) is 3. The molecule has 0 spiro atoms. The molecule has 0 aliphatic heterocycles. The van der Waals surface area contributed by atoms with Crippen LogP contribution in [-0.4, -0.2) is 33.8 Å². The number of carbonyl (C=O) groups excluding carboxylic acids is 1. The van der Waals surface area contributed by atoms with Crippen LogP contribution >= 0.6 is 0 Å². The fourth-order valence-corrected chi connectivity index (χ4v) is 4.51. The van der Waals surface area contributed by atoms with Gasteiger partial charge in [-0.2, -0.15) is 5.10 Å². The largest absolute Gasteiger partial charge is 0.377 e. The van der Waals surface area contributed by atoms with Crippen molar-refractivity contribution in [1.29, 1.82) is 0 Å². The molecule has 32 heavy (non-hydrogen) atoms. The number of benzene rings is 1. The number of hydrogen-bond acceptors (Lipinski definition) is 4. The second kappa shape index (κ2) is 10.6. The average molecular weight is 433 g/mol. The molecule has 6 heteroatoms. The molecule has 0 bridgehead atoms. The van der Waals surface area contributed by atoms with Crippen molar-refractivity contribution in [1.82, 2.24) is 20.1 Å². The summed E-state index contributed by atoms with van der Waals surface area (Å²) in [5.74, 6) is 0.976. The van der Waals surface area contributed by atoms with E-state index in [-0.39, 0.29) is 5.91 Å². The highest BCUT2D eigenvalue weighted by Gasteiger charge is 2.27. The third-order valence-corrected chi connectivity index (χ3v) is 6.32. The van der Waals surface area contributed by atoms with Gasteiger partial charge in [0.05, 0.1) is 12.3 Å². The Bertz CT molecular complexity index is 1010. The van der Waals surface area contributed by atoms with Crippen LogP contribution in [-0.2, 0) is 18.4 Å². The highest BCUT2D eigenvalue weighted by atomic mass is 16.5. The molecule has 0 atom stereocenters. The summed E-state index contributed by atoms with van der Waals surface area (Å²) in [6.45, 7) is 3.98. The van der Waals surface area contributed by atoms with Crippen LogP contribution in [0.25, 0.3) is 11.1 Å². The van der Waals surface area contributed by atoms with Crippen LogP contribution in [0, 0.1) is 5.92 Å². The molecule has 2 aromatic heterocycles. The van der Waals surface area contributed by atoms with E-state index in [9.17, 15) is 4.79 Å².